The Morgan fingerprint density at radius 2 is 2.29 bits per heavy atom. The van der Waals surface area contributed by atoms with Crippen molar-refractivity contribution < 1.29 is 9.53 Å². The number of hydrogen-bond donors (Lipinski definition) is 2. The summed E-state index contributed by atoms with van der Waals surface area (Å²) in [5, 5.41) is 8.41. The van der Waals surface area contributed by atoms with Crippen LogP contribution >= 0.6 is 11.3 Å². The highest BCUT2D eigenvalue weighted by Gasteiger charge is 2.23. The Morgan fingerprint density at radius 3 is 3.05 bits per heavy atom. The van der Waals surface area contributed by atoms with E-state index in [1.165, 1.54) is 0 Å². The lowest BCUT2D eigenvalue weighted by Crippen LogP contribution is -2.21. The average molecular weight is 302 g/mol. The summed E-state index contributed by atoms with van der Waals surface area (Å²) in [6.45, 7) is 2.95. The largest absolute Gasteiger partial charge is 0.496 e. The number of nitrogens with one attached hydrogen (secondary N) is 2. The number of hydrogen-bond acceptors (Lipinski definition) is 4. The van der Waals surface area contributed by atoms with Crippen LogP contribution in [0.5, 0.6) is 5.75 Å². The molecule has 2 aromatic rings. The van der Waals surface area contributed by atoms with Crippen molar-refractivity contribution in [1.82, 2.24) is 5.32 Å². The average Bonchev–Trinajstić information content (AvgIpc) is 3.08. The van der Waals surface area contributed by atoms with Crippen molar-refractivity contribution in [1.29, 1.82) is 0 Å². The molecule has 0 radical (unpaired) electrons. The van der Waals surface area contributed by atoms with Gasteiger partial charge in [0.15, 0.2) is 0 Å². The van der Waals surface area contributed by atoms with Crippen molar-refractivity contribution >= 4 is 22.9 Å². The van der Waals surface area contributed by atoms with Crippen molar-refractivity contribution in [3.05, 3.63) is 45.6 Å². The van der Waals surface area contributed by atoms with Crippen molar-refractivity contribution in [2.75, 3.05) is 19.0 Å². The van der Waals surface area contributed by atoms with Gasteiger partial charge in [0.25, 0.3) is 0 Å². The molecular weight excluding hydrogens is 284 g/mol. The van der Waals surface area contributed by atoms with Gasteiger partial charge in [0.05, 0.1) is 24.4 Å². The molecule has 1 aromatic heterocycles. The first-order valence-electron chi connectivity index (χ1n) is 7.00. The van der Waals surface area contributed by atoms with E-state index in [4.69, 9.17) is 4.74 Å². The molecule has 110 valence electrons. The number of fused-ring (bicyclic) bond motifs is 1. The second-order valence-corrected chi connectivity index (χ2v) is 5.93. The molecule has 1 aliphatic rings. The van der Waals surface area contributed by atoms with E-state index in [9.17, 15) is 4.79 Å². The van der Waals surface area contributed by atoms with Crippen LogP contribution in [0.3, 0.4) is 0 Å². The maximum atomic E-state index is 11.5. The summed E-state index contributed by atoms with van der Waals surface area (Å²) in [6, 6.07) is 8.24. The number of ether oxygens (including phenoxy) is 1. The SMILES string of the molecule is CCNC(c1ccc2c(c1)CC(=O)N2)c1sccc1OC. The summed E-state index contributed by atoms with van der Waals surface area (Å²) in [4.78, 5) is 12.7. The smallest absolute Gasteiger partial charge is 0.228 e. The zero-order valence-corrected chi connectivity index (χ0v) is 12.9. The fourth-order valence-corrected chi connectivity index (χ4v) is 3.64. The summed E-state index contributed by atoms with van der Waals surface area (Å²) in [5.41, 5.74) is 3.15. The summed E-state index contributed by atoms with van der Waals surface area (Å²) >= 11 is 1.68. The molecule has 4 nitrogen and oxygen atoms in total. The maximum Gasteiger partial charge on any atom is 0.228 e. The second-order valence-electron chi connectivity index (χ2n) is 4.99. The lowest BCUT2D eigenvalue weighted by atomic mass is 10.0. The van der Waals surface area contributed by atoms with Crippen LogP contribution in [0.1, 0.15) is 29.0 Å². The molecule has 0 saturated carbocycles. The topological polar surface area (TPSA) is 50.4 Å². The third-order valence-electron chi connectivity index (χ3n) is 3.64. The fourth-order valence-electron chi connectivity index (χ4n) is 2.68. The number of carbonyl (C=O) groups excluding carboxylic acids is 1. The molecule has 1 atom stereocenters. The molecule has 0 fully saturated rings. The lowest BCUT2D eigenvalue weighted by Gasteiger charge is -2.19. The van der Waals surface area contributed by atoms with Gasteiger partial charge in [-0.1, -0.05) is 19.1 Å². The number of amides is 1. The van der Waals surface area contributed by atoms with Crippen LogP contribution in [0.25, 0.3) is 0 Å². The number of thiophene rings is 1. The number of carbonyl (C=O) groups is 1. The molecule has 1 amide bonds. The van der Waals surface area contributed by atoms with E-state index in [0.29, 0.717) is 6.42 Å². The van der Waals surface area contributed by atoms with Crippen LogP contribution in [0.15, 0.2) is 29.6 Å². The lowest BCUT2D eigenvalue weighted by molar-refractivity contribution is -0.115. The molecule has 0 aliphatic carbocycles. The molecule has 1 aromatic carbocycles. The van der Waals surface area contributed by atoms with E-state index in [1.807, 2.05) is 17.5 Å². The Balaban J connectivity index is 1.98. The highest BCUT2D eigenvalue weighted by Crippen LogP contribution is 2.36. The number of benzene rings is 1. The van der Waals surface area contributed by atoms with Crippen LogP contribution in [0, 0.1) is 0 Å². The van der Waals surface area contributed by atoms with Gasteiger partial charge in [0, 0.05) is 5.69 Å². The van der Waals surface area contributed by atoms with E-state index >= 15 is 0 Å². The predicted octanol–water partition coefficient (Wildman–Crippen LogP) is 2.95. The van der Waals surface area contributed by atoms with E-state index in [0.717, 1.165) is 34.0 Å². The Morgan fingerprint density at radius 1 is 1.43 bits per heavy atom. The third-order valence-corrected chi connectivity index (χ3v) is 4.60. The molecule has 2 N–H and O–H groups in total. The van der Waals surface area contributed by atoms with E-state index in [2.05, 4.69) is 29.7 Å². The molecule has 21 heavy (non-hydrogen) atoms. The van der Waals surface area contributed by atoms with Gasteiger partial charge in [-0.15, -0.1) is 11.3 Å². The van der Waals surface area contributed by atoms with Gasteiger partial charge in [-0.3, -0.25) is 4.79 Å². The van der Waals surface area contributed by atoms with Gasteiger partial charge in [0.1, 0.15) is 5.75 Å². The number of rotatable bonds is 5. The number of anilines is 1. The Hall–Kier alpha value is -1.85. The van der Waals surface area contributed by atoms with Crippen molar-refractivity contribution in [2.45, 2.75) is 19.4 Å². The van der Waals surface area contributed by atoms with Gasteiger partial charge in [-0.2, -0.15) is 0 Å². The molecule has 0 saturated heterocycles. The molecular formula is C16H18N2O2S. The zero-order chi connectivity index (χ0) is 14.8. The highest BCUT2D eigenvalue weighted by atomic mass is 32.1. The molecule has 1 unspecified atom stereocenters. The molecule has 0 spiro atoms. The minimum Gasteiger partial charge on any atom is -0.496 e. The van der Waals surface area contributed by atoms with Crippen LogP contribution < -0.4 is 15.4 Å². The molecule has 5 heteroatoms. The van der Waals surface area contributed by atoms with Crippen molar-refractivity contribution in [3.8, 4) is 5.75 Å². The van der Waals surface area contributed by atoms with Crippen molar-refractivity contribution in [2.24, 2.45) is 0 Å². The van der Waals surface area contributed by atoms with Gasteiger partial charge in [0.2, 0.25) is 5.91 Å². The first-order valence-corrected chi connectivity index (χ1v) is 7.88. The van der Waals surface area contributed by atoms with Gasteiger partial charge >= 0.3 is 0 Å². The molecule has 3 rings (SSSR count). The summed E-state index contributed by atoms with van der Waals surface area (Å²) < 4.78 is 5.45. The minimum atomic E-state index is 0.0656. The Kier molecular flexibility index (Phi) is 3.94. The molecule has 1 aliphatic heterocycles. The quantitative estimate of drug-likeness (QED) is 0.893. The third kappa shape index (κ3) is 2.66. The van der Waals surface area contributed by atoms with Crippen LogP contribution in [0.2, 0.25) is 0 Å². The van der Waals surface area contributed by atoms with Crippen molar-refractivity contribution in [3.63, 3.8) is 0 Å². The predicted molar refractivity (Wildman–Crippen MR) is 85.2 cm³/mol. The second kappa shape index (κ2) is 5.87. The Bertz CT molecular complexity index is 666. The standard InChI is InChI=1S/C16H18N2O2S/c1-3-17-15(16-13(20-2)6-7-21-16)10-4-5-12-11(8-10)9-14(19)18-12/h4-8,15,17H,3,9H2,1-2H3,(H,18,19). The summed E-state index contributed by atoms with van der Waals surface area (Å²) in [7, 11) is 1.69. The van der Waals surface area contributed by atoms with Gasteiger partial charge in [-0.25, -0.2) is 0 Å². The monoisotopic (exact) mass is 302 g/mol. The first-order chi connectivity index (χ1) is 10.2. The van der Waals surface area contributed by atoms with Crippen LogP contribution in [-0.4, -0.2) is 19.6 Å². The summed E-state index contributed by atoms with van der Waals surface area (Å²) in [6.07, 6.45) is 0.462. The number of methoxy groups -OCH3 is 1. The molecule has 0 bridgehead atoms. The summed E-state index contributed by atoms with van der Waals surface area (Å²) in [5.74, 6) is 0.969. The van der Waals surface area contributed by atoms with Crippen LogP contribution in [-0.2, 0) is 11.2 Å². The maximum absolute atomic E-state index is 11.5. The van der Waals surface area contributed by atoms with E-state index in [1.54, 1.807) is 18.4 Å². The van der Waals surface area contributed by atoms with Gasteiger partial charge < -0.3 is 15.4 Å². The Labute approximate surface area is 128 Å². The van der Waals surface area contributed by atoms with E-state index in [-0.39, 0.29) is 11.9 Å². The van der Waals surface area contributed by atoms with Crippen LogP contribution in [0.4, 0.5) is 5.69 Å². The fraction of sp³-hybridized carbons (Fsp3) is 0.312. The normalized spacial score (nSPS) is 14.7. The highest BCUT2D eigenvalue weighted by molar-refractivity contribution is 7.10. The molecule has 2 heterocycles. The minimum absolute atomic E-state index is 0.0656. The van der Waals surface area contributed by atoms with Gasteiger partial charge in [-0.05, 0) is 35.2 Å². The first kappa shape index (κ1) is 14.1. The van der Waals surface area contributed by atoms with E-state index < -0.39 is 0 Å². The zero-order valence-electron chi connectivity index (χ0n) is 12.1.